The molecule has 150 valence electrons. The minimum Gasteiger partial charge on any atom is -0.392 e. The molecular formula is C19H21N7O3. The van der Waals surface area contributed by atoms with Crippen LogP contribution in [-0.4, -0.2) is 56.4 Å². The number of aliphatic imine (C=N–C) groups is 1. The normalized spacial score (nSPS) is 19.3. The van der Waals surface area contributed by atoms with Crippen LogP contribution >= 0.6 is 0 Å². The van der Waals surface area contributed by atoms with E-state index in [0.29, 0.717) is 17.1 Å². The molecular weight excluding hydrogens is 374 g/mol. The summed E-state index contributed by atoms with van der Waals surface area (Å²) in [4.78, 5) is 42.8. The third kappa shape index (κ3) is 4.43. The first-order valence-electron chi connectivity index (χ1n) is 8.81. The van der Waals surface area contributed by atoms with Crippen molar-refractivity contribution in [3.8, 4) is 0 Å². The minimum absolute atomic E-state index is 0.106. The van der Waals surface area contributed by atoms with Gasteiger partial charge in [-0.1, -0.05) is 6.08 Å². The van der Waals surface area contributed by atoms with E-state index in [1.807, 2.05) is 0 Å². The molecule has 2 amide bonds. The van der Waals surface area contributed by atoms with Crippen molar-refractivity contribution in [3.05, 3.63) is 53.9 Å². The summed E-state index contributed by atoms with van der Waals surface area (Å²) >= 11 is 0. The summed E-state index contributed by atoms with van der Waals surface area (Å²) in [5, 5.41) is 11.5. The number of aliphatic hydroxyl groups excluding tert-OH is 1. The Bertz CT molecular complexity index is 988. The van der Waals surface area contributed by atoms with Crippen molar-refractivity contribution in [1.82, 2.24) is 19.9 Å². The Kier molecular flexibility index (Phi) is 5.64. The molecule has 3 heterocycles. The van der Waals surface area contributed by atoms with Crippen LogP contribution in [0.5, 0.6) is 0 Å². The number of aliphatic hydroxyl groups is 1. The SMILES string of the molecule is CN1C(=O)CC(C)(c2cc(NC(=O)c3cnc(/C=C/CO)cn3)ccn2)N=C1N. The van der Waals surface area contributed by atoms with Crippen LogP contribution in [0.2, 0.25) is 0 Å². The van der Waals surface area contributed by atoms with Crippen LogP contribution < -0.4 is 11.1 Å². The van der Waals surface area contributed by atoms with Crippen molar-refractivity contribution in [2.24, 2.45) is 10.7 Å². The standard InChI is InChI=1S/C19H21N7O3/c1-19(9-16(28)26(2)18(20)25-19)15-8-12(5-6-21-15)24-17(29)14-11-22-13(10-23-14)4-3-7-27/h3-6,8,10-11,27H,7,9H2,1-2H3,(H2,20,25)(H,21,24,29)/b4-3+. The van der Waals surface area contributed by atoms with E-state index in [1.165, 1.54) is 29.6 Å². The molecule has 29 heavy (non-hydrogen) atoms. The number of nitrogens with two attached hydrogens (primary N) is 1. The molecule has 3 rings (SSSR count). The van der Waals surface area contributed by atoms with Gasteiger partial charge in [-0.2, -0.15) is 0 Å². The van der Waals surface area contributed by atoms with Gasteiger partial charge in [0.2, 0.25) is 5.91 Å². The van der Waals surface area contributed by atoms with Gasteiger partial charge < -0.3 is 16.2 Å². The average molecular weight is 395 g/mol. The minimum atomic E-state index is -0.922. The van der Waals surface area contributed by atoms with E-state index in [0.717, 1.165) is 0 Å². The molecule has 2 aromatic rings. The molecule has 0 fully saturated rings. The first-order valence-corrected chi connectivity index (χ1v) is 8.81. The summed E-state index contributed by atoms with van der Waals surface area (Å²) in [6, 6.07) is 3.28. The lowest BCUT2D eigenvalue weighted by molar-refractivity contribution is -0.128. The van der Waals surface area contributed by atoms with Gasteiger partial charge in [0.1, 0.15) is 11.2 Å². The number of nitrogens with one attached hydrogen (secondary N) is 1. The first kappa shape index (κ1) is 20.1. The molecule has 0 radical (unpaired) electrons. The van der Waals surface area contributed by atoms with E-state index in [-0.39, 0.29) is 30.6 Å². The summed E-state index contributed by atoms with van der Waals surface area (Å²) < 4.78 is 0. The predicted octanol–water partition coefficient (Wildman–Crippen LogP) is 0.521. The fourth-order valence-corrected chi connectivity index (χ4v) is 2.77. The number of hydrogen-bond acceptors (Lipinski definition) is 8. The molecule has 0 saturated heterocycles. The van der Waals surface area contributed by atoms with Gasteiger partial charge in [-0.3, -0.25) is 24.5 Å². The number of carbonyl (C=O) groups is 2. The third-order valence-corrected chi connectivity index (χ3v) is 4.44. The van der Waals surface area contributed by atoms with E-state index in [2.05, 4.69) is 25.3 Å². The summed E-state index contributed by atoms with van der Waals surface area (Å²) in [7, 11) is 1.57. The van der Waals surface area contributed by atoms with Crippen LogP contribution in [0.15, 0.2) is 41.8 Å². The number of hydrogen-bond donors (Lipinski definition) is 3. The zero-order valence-corrected chi connectivity index (χ0v) is 16.0. The van der Waals surface area contributed by atoms with Crippen molar-refractivity contribution in [2.75, 3.05) is 19.0 Å². The zero-order valence-electron chi connectivity index (χ0n) is 16.0. The Morgan fingerprint density at radius 2 is 2.17 bits per heavy atom. The van der Waals surface area contributed by atoms with Crippen LogP contribution in [0.4, 0.5) is 5.69 Å². The van der Waals surface area contributed by atoms with Crippen LogP contribution in [0.1, 0.15) is 35.2 Å². The topological polar surface area (TPSA) is 147 Å². The number of aromatic nitrogens is 3. The molecule has 0 saturated carbocycles. The maximum Gasteiger partial charge on any atom is 0.275 e. The fraction of sp³-hybridized carbons (Fsp3) is 0.263. The summed E-state index contributed by atoms with van der Waals surface area (Å²) in [5.74, 6) is -0.493. The molecule has 10 nitrogen and oxygen atoms in total. The van der Waals surface area contributed by atoms with Crippen LogP contribution in [0.3, 0.4) is 0 Å². The molecule has 1 aliphatic heterocycles. The van der Waals surface area contributed by atoms with E-state index >= 15 is 0 Å². The summed E-state index contributed by atoms with van der Waals surface area (Å²) in [6.07, 6.45) is 7.53. The van der Waals surface area contributed by atoms with Gasteiger partial charge in [-0.15, -0.1) is 0 Å². The highest BCUT2D eigenvalue weighted by molar-refractivity contribution is 6.02. The number of nitrogens with zero attached hydrogens (tertiary/aromatic N) is 5. The lowest BCUT2D eigenvalue weighted by atomic mass is 9.91. The molecule has 0 aromatic carbocycles. The number of rotatable bonds is 5. The molecule has 10 heteroatoms. The Labute approximate surface area is 167 Å². The van der Waals surface area contributed by atoms with Crippen molar-refractivity contribution < 1.29 is 14.7 Å². The van der Waals surface area contributed by atoms with E-state index in [9.17, 15) is 9.59 Å². The molecule has 2 aromatic heterocycles. The number of amides is 2. The van der Waals surface area contributed by atoms with Crippen LogP contribution in [-0.2, 0) is 10.3 Å². The Morgan fingerprint density at radius 3 is 2.83 bits per heavy atom. The lowest BCUT2D eigenvalue weighted by Gasteiger charge is -2.32. The van der Waals surface area contributed by atoms with E-state index in [4.69, 9.17) is 10.8 Å². The highest BCUT2D eigenvalue weighted by Crippen LogP contribution is 2.32. The number of guanidine groups is 1. The number of anilines is 1. The number of carbonyl (C=O) groups excluding carboxylic acids is 2. The van der Waals surface area contributed by atoms with Gasteiger partial charge in [0.25, 0.3) is 5.91 Å². The second kappa shape index (κ2) is 8.15. The summed E-state index contributed by atoms with van der Waals surface area (Å²) in [6.45, 7) is 1.66. The molecule has 0 aliphatic carbocycles. The fourth-order valence-electron chi connectivity index (χ4n) is 2.77. The van der Waals surface area contributed by atoms with E-state index in [1.54, 1.807) is 32.2 Å². The molecule has 0 spiro atoms. The van der Waals surface area contributed by atoms with E-state index < -0.39 is 11.4 Å². The highest BCUT2D eigenvalue weighted by atomic mass is 16.2. The highest BCUT2D eigenvalue weighted by Gasteiger charge is 2.37. The van der Waals surface area contributed by atoms with Gasteiger partial charge in [0.15, 0.2) is 5.96 Å². The van der Waals surface area contributed by atoms with Crippen molar-refractivity contribution >= 4 is 29.5 Å². The van der Waals surface area contributed by atoms with Crippen LogP contribution in [0, 0.1) is 0 Å². The van der Waals surface area contributed by atoms with Gasteiger partial charge in [0, 0.05) is 18.9 Å². The Hall–Kier alpha value is -3.66. The van der Waals surface area contributed by atoms with Crippen molar-refractivity contribution in [2.45, 2.75) is 18.9 Å². The molecule has 4 N–H and O–H groups in total. The van der Waals surface area contributed by atoms with Crippen molar-refractivity contribution in [3.63, 3.8) is 0 Å². The largest absolute Gasteiger partial charge is 0.392 e. The first-order chi connectivity index (χ1) is 13.8. The van der Waals surface area contributed by atoms with Gasteiger partial charge in [-0.25, -0.2) is 9.98 Å². The van der Waals surface area contributed by atoms with Crippen LogP contribution in [0.25, 0.3) is 6.08 Å². The predicted molar refractivity (Wildman–Crippen MR) is 107 cm³/mol. The third-order valence-electron chi connectivity index (χ3n) is 4.44. The maximum atomic E-state index is 12.5. The monoisotopic (exact) mass is 395 g/mol. The van der Waals surface area contributed by atoms with Gasteiger partial charge >= 0.3 is 0 Å². The smallest absolute Gasteiger partial charge is 0.275 e. The molecule has 1 atom stereocenters. The molecule has 1 unspecified atom stereocenters. The summed E-state index contributed by atoms with van der Waals surface area (Å²) in [5.41, 5.74) is 6.57. The Balaban J connectivity index is 1.79. The average Bonchev–Trinajstić information content (AvgIpc) is 2.71. The van der Waals surface area contributed by atoms with Crippen molar-refractivity contribution in [1.29, 1.82) is 0 Å². The second-order valence-electron chi connectivity index (χ2n) is 6.67. The molecule has 0 bridgehead atoms. The maximum absolute atomic E-state index is 12.5. The zero-order chi connectivity index (χ0) is 21.0. The quantitative estimate of drug-likeness (QED) is 0.669. The van der Waals surface area contributed by atoms with Gasteiger partial charge in [-0.05, 0) is 25.1 Å². The molecule has 1 aliphatic rings. The number of pyridine rings is 1. The van der Waals surface area contributed by atoms with Gasteiger partial charge in [0.05, 0.1) is 36.8 Å². The Morgan fingerprint density at radius 1 is 1.38 bits per heavy atom. The lowest BCUT2D eigenvalue weighted by Crippen LogP contribution is -2.47. The second-order valence-corrected chi connectivity index (χ2v) is 6.67.